The van der Waals surface area contributed by atoms with Gasteiger partial charge in [-0.15, -0.1) is 36.0 Å². The minimum atomic E-state index is -2.31. The van der Waals surface area contributed by atoms with Crippen molar-refractivity contribution in [2.45, 2.75) is 78.5 Å². The van der Waals surface area contributed by atoms with E-state index in [2.05, 4.69) is 10.9 Å². The SMILES string of the molecule is C#C[C@@]1(O)[C@H](O)[C@](CO)(CCl)O[C@H]1n1ccc(=O)[nH]c1=O.C#C[C@@]12OC3(CCCC3)O[C@@H]1[C@](CO)(CCl)O[C@H]2n1ccc(=O)[nH]c1=O. The lowest BCUT2D eigenvalue weighted by Crippen LogP contribution is -2.53. The number of aliphatic hydroxyl groups is 4. The summed E-state index contributed by atoms with van der Waals surface area (Å²) < 4.78 is 25.8. The van der Waals surface area contributed by atoms with Crippen LogP contribution in [-0.2, 0) is 18.9 Å². The van der Waals surface area contributed by atoms with E-state index in [0.29, 0.717) is 12.8 Å². The second kappa shape index (κ2) is 12.6. The van der Waals surface area contributed by atoms with Crippen molar-refractivity contribution < 1.29 is 39.4 Å². The fraction of sp³-hybridized carbons (Fsp3) is 0.586. The predicted octanol–water partition coefficient (Wildman–Crippen LogP) is -2.15. The third-order valence-corrected chi connectivity index (χ3v) is 9.83. The van der Waals surface area contributed by atoms with E-state index in [1.807, 2.05) is 10.9 Å². The van der Waals surface area contributed by atoms with Crippen LogP contribution in [0, 0.1) is 24.7 Å². The Bertz CT molecular complexity index is 1810. The average molecular weight is 699 g/mol. The maximum Gasteiger partial charge on any atom is 0.330 e. The van der Waals surface area contributed by atoms with Crippen LogP contribution in [0.1, 0.15) is 38.1 Å². The molecule has 254 valence electrons. The Balaban J connectivity index is 0.000000189. The van der Waals surface area contributed by atoms with E-state index in [9.17, 15) is 39.6 Å². The van der Waals surface area contributed by atoms with Crippen molar-refractivity contribution in [3.05, 3.63) is 66.2 Å². The van der Waals surface area contributed by atoms with Crippen LogP contribution in [-0.4, -0.2) is 105 Å². The summed E-state index contributed by atoms with van der Waals surface area (Å²) in [6.45, 7) is -1.19. The van der Waals surface area contributed by atoms with E-state index in [-0.39, 0.29) is 11.8 Å². The molecule has 2 aromatic heterocycles. The Hall–Kier alpha value is -3.26. The molecule has 0 bridgehead atoms. The zero-order valence-corrected chi connectivity index (χ0v) is 26.1. The van der Waals surface area contributed by atoms with Gasteiger partial charge in [-0.1, -0.05) is 11.8 Å². The zero-order chi connectivity index (χ0) is 34.4. The van der Waals surface area contributed by atoms with Gasteiger partial charge in [0, 0.05) is 37.4 Å². The van der Waals surface area contributed by atoms with Gasteiger partial charge in [0.1, 0.15) is 23.4 Å². The summed E-state index contributed by atoms with van der Waals surface area (Å²) in [5.41, 5.74) is -9.61. The molecule has 4 fully saturated rings. The lowest BCUT2D eigenvalue weighted by Gasteiger charge is -2.32. The smallest absolute Gasteiger partial charge is 0.330 e. The molecule has 6 N–H and O–H groups in total. The van der Waals surface area contributed by atoms with Crippen molar-refractivity contribution >= 4 is 23.2 Å². The monoisotopic (exact) mass is 698 g/mol. The lowest BCUT2D eigenvalue weighted by atomic mass is 9.88. The third kappa shape index (κ3) is 5.39. The molecule has 47 heavy (non-hydrogen) atoms. The van der Waals surface area contributed by atoms with Crippen LogP contribution in [0.2, 0.25) is 0 Å². The average Bonchev–Trinajstić information content (AvgIpc) is 3.78. The highest BCUT2D eigenvalue weighted by atomic mass is 35.5. The van der Waals surface area contributed by atoms with Gasteiger partial charge in [-0.3, -0.25) is 28.7 Å². The second-order valence-corrected chi connectivity index (χ2v) is 12.3. The minimum absolute atomic E-state index is 0.106. The molecular weight excluding hydrogens is 667 g/mol. The highest BCUT2D eigenvalue weighted by molar-refractivity contribution is 6.19. The molecule has 8 atom stereocenters. The highest BCUT2D eigenvalue weighted by Crippen LogP contribution is 2.58. The van der Waals surface area contributed by atoms with Crippen LogP contribution in [0.4, 0.5) is 0 Å². The Labute approximate surface area is 275 Å². The van der Waals surface area contributed by atoms with E-state index in [4.69, 9.17) is 55.0 Å². The van der Waals surface area contributed by atoms with Crippen LogP contribution in [0.5, 0.6) is 0 Å². The van der Waals surface area contributed by atoms with E-state index in [1.54, 1.807) is 0 Å². The molecule has 0 aromatic carbocycles. The molecule has 1 aliphatic carbocycles. The van der Waals surface area contributed by atoms with Crippen molar-refractivity contribution in [1.29, 1.82) is 0 Å². The number of nitrogens with zero attached hydrogens (tertiary/aromatic N) is 2. The van der Waals surface area contributed by atoms with E-state index in [1.165, 1.54) is 12.3 Å². The van der Waals surface area contributed by atoms with Crippen molar-refractivity contribution in [2.24, 2.45) is 0 Å². The zero-order valence-electron chi connectivity index (χ0n) is 24.6. The first-order chi connectivity index (χ1) is 22.3. The number of ether oxygens (including phenoxy) is 4. The number of terminal acetylenes is 2. The number of fused-ring (bicyclic) bond motifs is 1. The molecule has 4 aliphatic rings. The van der Waals surface area contributed by atoms with Gasteiger partial charge in [0.25, 0.3) is 11.1 Å². The number of alkyl halides is 2. The van der Waals surface area contributed by atoms with Crippen LogP contribution >= 0.6 is 23.2 Å². The lowest BCUT2D eigenvalue weighted by molar-refractivity contribution is -0.242. The number of H-pyrrole nitrogens is 2. The van der Waals surface area contributed by atoms with Crippen molar-refractivity contribution in [3.63, 3.8) is 0 Å². The summed E-state index contributed by atoms with van der Waals surface area (Å²) in [6.07, 6.45) is 11.4. The molecule has 16 nitrogen and oxygen atoms in total. The van der Waals surface area contributed by atoms with Crippen LogP contribution in [0.25, 0.3) is 0 Å². The summed E-state index contributed by atoms with van der Waals surface area (Å²) in [4.78, 5) is 50.8. The van der Waals surface area contributed by atoms with Crippen molar-refractivity contribution in [3.8, 4) is 24.7 Å². The molecule has 3 saturated heterocycles. The highest BCUT2D eigenvalue weighted by Gasteiger charge is 2.73. The molecule has 0 radical (unpaired) electrons. The first-order valence-electron chi connectivity index (χ1n) is 14.3. The van der Waals surface area contributed by atoms with Crippen LogP contribution in [0.3, 0.4) is 0 Å². The topological polar surface area (TPSA) is 228 Å². The fourth-order valence-electron chi connectivity index (χ4n) is 6.40. The number of aliphatic hydroxyl groups excluding tert-OH is 3. The summed E-state index contributed by atoms with van der Waals surface area (Å²) >= 11 is 11.8. The summed E-state index contributed by atoms with van der Waals surface area (Å²) in [5.74, 6) is 3.22. The fourth-order valence-corrected chi connectivity index (χ4v) is 6.98. The molecular formula is C29H32Cl2N4O12. The molecule has 0 amide bonds. The van der Waals surface area contributed by atoms with Gasteiger partial charge in [0.05, 0.1) is 25.0 Å². The van der Waals surface area contributed by atoms with Gasteiger partial charge in [-0.25, -0.2) is 9.59 Å². The molecule has 1 saturated carbocycles. The largest absolute Gasteiger partial charge is 0.393 e. The standard InChI is InChI=1S/C17H19ClN2O6.C12H13ClN2O6/c1-2-17-12(24-16(26-17)6-3-4-7-16)15(9-18,10-21)25-13(17)20-8-5-11(22)19-14(20)23;1-2-12(20)8(18)11(5-13,6-16)21-9(12)15-4-3-7(17)14-10(15)19/h1,5,8,12-13,21H,3-4,6-7,9-10H2,(H,19,22,23);1,3-4,8-9,16,18,20H,5-6H2,(H,14,17,19)/t12-,13-,15-,17-;8-,9-,11-,12-/m11/s1. The van der Waals surface area contributed by atoms with Gasteiger partial charge < -0.3 is 39.4 Å². The number of rotatable bonds is 6. The second-order valence-electron chi connectivity index (χ2n) is 11.7. The van der Waals surface area contributed by atoms with Crippen molar-refractivity contribution in [1.82, 2.24) is 19.1 Å². The van der Waals surface area contributed by atoms with Crippen LogP contribution in [0.15, 0.2) is 43.7 Å². The minimum Gasteiger partial charge on any atom is -0.393 e. The Morgan fingerprint density at radius 1 is 0.851 bits per heavy atom. The van der Waals surface area contributed by atoms with E-state index in [0.717, 1.165) is 34.2 Å². The molecule has 1 spiro atoms. The van der Waals surface area contributed by atoms with Gasteiger partial charge in [-0.05, 0) is 12.8 Å². The van der Waals surface area contributed by atoms with Crippen LogP contribution < -0.4 is 22.5 Å². The quantitative estimate of drug-likeness (QED) is 0.140. The molecule has 5 heterocycles. The molecule has 2 aromatic rings. The van der Waals surface area contributed by atoms with Gasteiger partial charge in [-0.2, -0.15) is 0 Å². The number of aromatic amines is 2. The number of aromatic nitrogens is 4. The number of halogens is 2. The maximum atomic E-state index is 12.3. The molecule has 0 unspecified atom stereocenters. The Morgan fingerprint density at radius 2 is 1.36 bits per heavy atom. The van der Waals surface area contributed by atoms with E-state index < -0.39 is 88.6 Å². The molecule has 18 heteroatoms. The van der Waals surface area contributed by atoms with Gasteiger partial charge >= 0.3 is 11.4 Å². The molecule has 6 rings (SSSR count). The van der Waals surface area contributed by atoms with Gasteiger partial charge in [0.2, 0.25) is 5.60 Å². The summed E-state index contributed by atoms with van der Waals surface area (Å²) in [5, 5.41) is 40.0. The molecule has 3 aliphatic heterocycles. The van der Waals surface area contributed by atoms with Gasteiger partial charge in [0.15, 0.2) is 23.8 Å². The number of hydrogen-bond acceptors (Lipinski definition) is 12. The number of hydrogen-bond donors (Lipinski definition) is 6. The Kier molecular flexibility index (Phi) is 9.43. The normalized spacial score (nSPS) is 36.8. The van der Waals surface area contributed by atoms with Crippen molar-refractivity contribution in [2.75, 3.05) is 25.0 Å². The summed E-state index contributed by atoms with van der Waals surface area (Å²) in [6, 6.07) is 2.21. The first kappa shape index (κ1) is 35.1. The first-order valence-corrected chi connectivity index (χ1v) is 15.4. The predicted molar refractivity (Wildman–Crippen MR) is 162 cm³/mol. The number of nitrogens with one attached hydrogen (secondary N) is 2. The maximum absolute atomic E-state index is 12.3. The van der Waals surface area contributed by atoms with E-state index >= 15 is 0 Å². The Morgan fingerprint density at radius 3 is 1.81 bits per heavy atom. The third-order valence-electron chi connectivity index (χ3n) is 8.92. The summed E-state index contributed by atoms with van der Waals surface area (Å²) in [7, 11) is 0.